The lowest BCUT2D eigenvalue weighted by molar-refractivity contribution is -0.304. The molecule has 20 heavy (non-hydrogen) atoms. The van der Waals surface area contributed by atoms with Gasteiger partial charge in [0.15, 0.2) is 0 Å². The monoisotopic (exact) mass is 290 g/mol. The van der Waals surface area contributed by atoms with Gasteiger partial charge in [-0.3, -0.25) is 0 Å². The Labute approximate surface area is 122 Å². The molecule has 2 rings (SSSR count). The van der Waals surface area contributed by atoms with Gasteiger partial charge in [-0.05, 0) is 37.5 Å². The van der Waals surface area contributed by atoms with Crippen LogP contribution in [0.3, 0.4) is 0 Å². The van der Waals surface area contributed by atoms with Gasteiger partial charge >= 0.3 is 0 Å². The Morgan fingerprint density at radius 1 is 1.30 bits per heavy atom. The van der Waals surface area contributed by atoms with E-state index in [2.05, 4.69) is 11.1 Å². The first kappa shape index (κ1) is 14.5. The van der Waals surface area contributed by atoms with Crippen molar-refractivity contribution in [2.45, 2.75) is 33.8 Å². The largest absolute Gasteiger partial charge is 0.550 e. The Morgan fingerprint density at radius 3 is 2.70 bits per heavy atom. The van der Waals surface area contributed by atoms with Crippen molar-refractivity contribution < 1.29 is 14.6 Å². The molecule has 0 amide bonds. The summed E-state index contributed by atoms with van der Waals surface area (Å²) in [6.45, 7) is 6.43. The third kappa shape index (κ3) is 3.36. The summed E-state index contributed by atoms with van der Waals surface area (Å²) in [6, 6.07) is 4.10. The topological polar surface area (TPSA) is 62.2 Å². The molecule has 1 aromatic heterocycles. The summed E-state index contributed by atoms with van der Waals surface area (Å²) in [4.78, 5) is 14.7. The number of aromatic nitrogens is 1. The molecule has 0 bridgehead atoms. The summed E-state index contributed by atoms with van der Waals surface area (Å²) in [5, 5.41) is 13.0. The molecule has 0 fully saturated rings. The highest BCUT2D eigenvalue weighted by atomic mass is 32.1. The van der Waals surface area contributed by atoms with Gasteiger partial charge in [-0.2, -0.15) is 0 Å². The number of rotatable bonds is 5. The maximum Gasteiger partial charge on any atom is 0.140 e. The molecule has 2 aromatic rings. The number of hydrogen-bond donors (Lipinski definition) is 0. The first-order valence-electron chi connectivity index (χ1n) is 6.30. The minimum atomic E-state index is -1.12. The highest BCUT2D eigenvalue weighted by Crippen LogP contribution is 2.26. The van der Waals surface area contributed by atoms with Crippen molar-refractivity contribution in [1.29, 1.82) is 0 Å². The van der Waals surface area contributed by atoms with Crippen LogP contribution in [-0.2, 0) is 17.8 Å². The second-order valence-electron chi connectivity index (χ2n) is 4.72. The Balaban J connectivity index is 2.07. The summed E-state index contributed by atoms with van der Waals surface area (Å²) in [5.41, 5.74) is 3.91. The van der Waals surface area contributed by atoms with Crippen LogP contribution in [0.1, 0.15) is 27.4 Å². The molecule has 5 heteroatoms. The predicted molar refractivity (Wildman–Crippen MR) is 75.8 cm³/mol. The Hall–Kier alpha value is -1.88. The van der Waals surface area contributed by atoms with Crippen LogP contribution >= 0.6 is 11.3 Å². The fourth-order valence-corrected chi connectivity index (χ4v) is 2.63. The van der Waals surface area contributed by atoms with E-state index in [-0.39, 0.29) is 6.42 Å². The highest BCUT2D eigenvalue weighted by Gasteiger charge is 2.08. The third-order valence-corrected chi connectivity index (χ3v) is 4.01. The number of aliphatic carboxylic acids is 1. The van der Waals surface area contributed by atoms with Gasteiger partial charge in [0.1, 0.15) is 17.4 Å². The number of carboxylic acids is 1. The lowest BCUT2D eigenvalue weighted by Gasteiger charge is -2.12. The van der Waals surface area contributed by atoms with E-state index in [1.165, 1.54) is 16.9 Å². The molecule has 0 saturated heterocycles. The molecule has 0 aliphatic heterocycles. The number of hydrogen-bond acceptors (Lipinski definition) is 5. The van der Waals surface area contributed by atoms with E-state index in [1.54, 1.807) is 5.38 Å². The first-order chi connectivity index (χ1) is 9.47. The van der Waals surface area contributed by atoms with Gasteiger partial charge in [0.2, 0.25) is 0 Å². The Bertz CT molecular complexity index is 634. The number of nitrogens with zero attached hydrogens (tertiary/aromatic N) is 1. The quantitative estimate of drug-likeness (QED) is 0.844. The van der Waals surface area contributed by atoms with Crippen molar-refractivity contribution in [1.82, 2.24) is 4.98 Å². The molecule has 0 N–H and O–H groups in total. The predicted octanol–water partition coefficient (Wildman–Crippen LogP) is 1.94. The van der Waals surface area contributed by atoms with E-state index >= 15 is 0 Å². The Morgan fingerprint density at radius 2 is 2.00 bits per heavy atom. The number of benzene rings is 1. The van der Waals surface area contributed by atoms with Crippen LogP contribution in [0.4, 0.5) is 0 Å². The van der Waals surface area contributed by atoms with Crippen molar-refractivity contribution in [2.75, 3.05) is 0 Å². The summed E-state index contributed by atoms with van der Waals surface area (Å²) in [6.07, 6.45) is -0.154. The van der Waals surface area contributed by atoms with Gasteiger partial charge in [-0.15, -0.1) is 11.3 Å². The van der Waals surface area contributed by atoms with E-state index in [4.69, 9.17) is 4.74 Å². The molecule has 1 aromatic carbocycles. The van der Waals surface area contributed by atoms with Crippen LogP contribution in [0.15, 0.2) is 17.5 Å². The fraction of sp³-hybridized carbons (Fsp3) is 0.333. The summed E-state index contributed by atoms with van der Waals surface area (Å²) < 4.78 is 5.84. The minimum absolute atomic E-state index is 0.154. The van der Waals surface area contributed by atoms with Crippen molar-refractivity contribution in [3.8, 4) is 5.75 Å². The summed E-state index contributed by atoms with van der Waals surface area (Å²) in [5.74, 6) is -0.241. The van der Waals surface area contributed by atoms with Crippen LogP contribution in [0.25, 0.3) is 0 Å². The van der Waals surface area contributed by atoms with E-state index in [9.17, 15) is 9.90 Å². The van der Waals surface area contributed by atoms with Crippen LogP contribution in [0, 0.1) is 20.8 Å². The second kappa shape index (κ2) is 6.05. The second-order valence-corrected chi connectivity index (χ2v) is 5.67. The lowest BCUT2D eigenvalue weighted by Crippen LogP contribution is -2.24. The third-order valence-electron chi connectivity index (χ3n) is 3.14. The van der Waals surface area contributed by atoms with E-state index in [1.807, 2.05) is 26.8 Å². The smallest absolute Gasteiger partial charge is 0.140 e. The van der Waals surface area contributed by atoms with Crippen LogP contribution in [0.2, 0.25) is 0 Å². The average Bonchev–Trinajstić information content (AvgIpc) is 2.81. The zero-order valence-electron chi connectivity index (χ0n) is 11.7. The van der Waals surface area contributed by atoms with Crippen LogP contribution < -0.4 is 9.84 Å². The molecule has 0 atom stereocenters. The molecular weight excluding hydrogens is 274 g/mol. The summed E-state index contributed by atoms with van der Waals surface area (Å²) >= 11 is 1.40. The molecule has 0 aliphatic carbocycles. The normalized spacial score (nSPS) is 10.6. The standard InChI is InChI=1S/C15H17NO3S/c1-9-4-5-10(2)15(11(9)3)19-7-13-16-12(8-20-13)6-14(17)18/h4-5,8H,6-7H2,1-3H3,(H,17,18)/p-1. The van der Waals surface area contributed by atoms with E-state index < -0.39 is 5.97 Å². The zero-order valence-corrected chi connectivity index (χ0v) is 12.5. The van der Waals surface area contributed by atoms with Crippen LogP contribution in [-0.4, -0.2) is 11.0 Å². The average molecular weight is 290 g/mol. The molecule has 0 radical (unpaired) electrons. The van der Waals surface area contributed by atoms with Crippen molar-refractivity contribution in [3.05, 3.63) is 44.9 Å². The SMILES string of the molecule is Cc1ccc(C)c(OCc2nc(CC(=O)[O-])cs2)c1C. The van der Waals surface area contributed by atoms with Crippen molar-refractivity contribution in [3.63, 3.8) is 0 Å². The molecule has 0 unspecified atom stereocenters. The van der Waals surface area contributed by atoms with Crippen molar-refractivity contribution >= 4 is 17.3 Å². The summed E-state index contributed by atoms with van der Waals surface area (Å²) in [7, 11) is 0. The molecule has 0 aliphatic rings. The number of aryl methyl sites for hydroxylation is 2. The zero-order chi connectivity index (χ0) is 14.7. The maximum absolute atomic E-state index is 10.5. The number of carbonyl (C=O) groups is 1. The molecule has 0 saturated carbocycles. The van der Waals surface area contributed by atoms with Gasteiger partial charge in [0, 0.05) is 17.8 Å². The first-order valence-corrected chi connectivity index (χ1v) is 7.18. The van der Waals surface area contributed by atoms with Gasteiger partial charge in [0.05, 0.1) is 5.69 Å². The maximum atomic E-state index is 10.5. The van der Waals surface area contributed by atoms with Crippen molar-refractivity contribution in [2.24, 2.45) is 0 Å². The molecule has 1 heterocycles. The highest BCUT2D eigenvalue weighted by molar-refractivity contribution is 7.09. The van der Waals surface area contributed by atoms with Gasteiger partial charge in [-0.1, -0.05) is 12.1 Å². The molecule has 0 spiro atoms. The number of thiazole rings is 1. The molecule has 4 nitrogen and oxygen atoms in total. The van der Waals surface area contributed by atoms with Gasteiger partial charge < -0.3 is 14.6 Å². The van der Waals surface area contributed by atoms with Gasteiger partial charge in [-0.25, -0.2) is 4.98 Å². The number of carboxylic acid groups (broad SMARTS) is 1. The molecule has 106 valence electrons. The molecular formula is C15H16NO3S-. The number of ether oxygens (including phenoxy) is 1. The number of carbonyl (C=O) groups excluding carboxylic acids is 1. The van der Waals surface area contributed by atoms with E-state index in [0.717, 1.165) is 21.9 Å². The van der Waals surface area contributed by atoms with Gasteiger partial charge in [0.25, 0.3) is 0 Å². The Kier molecular flexibility index (Phi) is 4.39. The van der Waals surface area contributed by atoms with E-state index in [0.29, 0.717) is 12.3 Å². The fourth-order valence-electron chi connectivity index (χ4n) is 1.93. The minimum Gasteiger partial charge on any atom is -0.550 e. The van der Waals surface area contributed by atoms with Crippen LogP contribution in [0.5, 0.6) is 5.75 Å². The lowest BCUT2D eigenvalue weighted by atomic mass is 10.1.